The maximum Gasteiger partial charge on any atom is 0.194 e. The number of hydrogen-bond donors (Lipinski definition) is 1. The maximum atomic E-state index is 9.72. The number of nitrogens with zero attached hydrogens (tertiary/aromatic N) is 2. The molecule has 0 aliphatic carbocycles. The molecule has 0 spiro atoms. The summed E-state index contributed by atoms with van der Waals surface area (Å²) in [7, 11) is 0. The van der Waals surface area contributed by atoms with Gasteiger partial charge < -0.3 is 14.1 Å². The van der Waals surface area contributed by atoms with Gasteiger partial charge in [-0.25, -0.2) is 4.98 Å². The number of aliphatic hydroxyl groups excluding tert-OH is 1. The van der Waals surface area contributed by atoms with E-state index < -0.39 is 0 Å². The van der Waals surface area contributed by atoms with Gasteiger partial charge in [-0.15, -0.1) is 0 Å². The van der Waals surface area contributed by atoms with Crippen LogP contribution in [0.5, 0.6) is 0 Å². The summed E-state index contributed by atoms with van der Waals surface area (Å²) in [6.45, 7) is 0.543. The van der Waals surface area contributed by atoms with E-state index >= 15 is 0 Å². The largest absolute Gasteiger partial charge is 0.441 e. The second-order valence-corrected chi connectivity index (χ2v) is 5.20. The predicted molar refractivity (Wildman–Crippen MR) is 67.0 cm³/mol. The Hall–Kier alpha value is -0.780. The Morgan fingerprint density at radius 2 is 2.35 bits per heavy atom. The van der Waals surface area contributed by atoms with E-state index in [1.165, 1.54) is 0 Å². The number of rotatable bonds is 1. The first-order chi connectivity index (χ1) is 8.15. The molecule has 3 heterocycles. The second-order valence-electron chi connectivity index (χ2n) is 4.08. The van der Waals surface area contributed by atoms with E-state index in [0.29, 0.717) is 23.3 Å². The van der Waals surface area contributed by atoms with Gasteiger partial charge in [-0.2, -0.15) is 0 Å². The van der Waals surface area contributed by atoms with Crippen LogP contribution in [0.25, 0.3) is 11.6 Å². The lowest BCUT2D eigenvalue weighted by Crippen LogP contribution is -2.24. The molecule has 6 heteroatoms. The third kappa shape index (κ3) is 1.92. The van der Waals surface area contributed by atoms with Crippen molar-refractivity contribution in [2.45, 2.75) is 25.5 Å². The van der Waals surface area contributed by atoms with E-state index in [2.05, 4.69) is 20.9 Å². The Labute approximate surface area is 111 Å². The Morgan fingerprint density at radius 3 is 3.06 bits per heavy atom. The maximum absolute atomic E-state index is 9.72. The van der Waals surface area contributed by atoms with Gasteiger partial charge in [0.1, 0.15) is 4.60 Å². The van der Waals surface area contributed by atoms with Crippen LogP contribution in [0.4, 0.5) is 0 Å². The molecule has 1 aliphatic rings. The summed E-state index contributed by atoms with van der Waals surface area (Å²) < 4.78 is 8.16. The van der Waals surface area contributed by atoms with Crippen LogP contribution >= 0.6 is 27.5 Å². The van der Waals surface area contributed by atoms with Crippen LogP contribution in [0.3, 0.4) is 0 Å². The summed E-state index contributed by atoms with van der Waals surface area (Å²) >= 11 is 9.20. The summed E-state index contributed by atoms with van der Waals surface area (Å²) in [5.41, 5.74) is 1.10. The molecule has 1 aliphatic heterocycles. The number of halogens is 2. The van der Waals surface area contributed by atoms with E-state index in [-0.39, 0.29) is 6.10 Å². The van der Waals surface area contributed by atoms with Crippen molar-refractivity contribution in [2.75, 3.05) is 0 Å². The number of hydrogen-bond acceptors (Lipinski definition) is 3. The van der Waals surface area contributed by atoms with Gasteiger partial charge in [0.15, 0.2) is 16.8 Å². The van der Waals surface area contributed by atoms with E-state index in [1.807, 2.05) is 4.57 Å². The Balaban J connectivity index is 2.12. The number of aromatic nitrogens is 2. The van der Waals surface area contributed by atoms with E-state index in [4.69, 9.17) is 16.0 Å². The molecule has 3 rings (SSSR count). The molecule has 17 heavy (non-hydrogen) atoms. The minimum absolute atomic E-state index is 0.326. The van der Waals surface area contributed by atoms with Crippen molar-refractivity contribution in [2.24, 2.45) is 0 Å². The molecule has 0 aromatic carbocycles. The number of aliphatic hydroxyl groups is 1. The van der Waals surface area contributed by atoms with Crippen molar-refractivity contribution < 1.29 is 9.52 Å². The highest BCUT2D eigenvalue weighted by molar-refractivity contribution is 9.10. The Kier molecular flexibility index (Phi) is 2.77. The average molecular weight is 318 g/mol. The Morgan fingerprint density at radius 1 is 1.53 bits per heavy atom. The topological polar surface area (TPSA) is 51.2 Å². The molecule has 90 valence electrons. The molecule has 0 fully saturated rings. The SMILES string of the molecule is OC1CCc2c(Br)nc(-c3ccc(Cl)o3)n2C1. The van der Waals surface area contributed by atoms with Gasteiger partial charge in [-0.1, -0.05) is 0 Å². The zero-order chi connectivity index (χ0) is 12.0. The molecule has 1 unspecified atom stereocenters. The zero-order valence-corrected chi connectivity index (χ0v) is 11.2. The quantitative estimate of drug-likeness (QED) is 0.880. The van der Waals surface area contributed by atoms with Crippen LogP contribution < -0.4 is 0 Å². The monoisotopic (exact) mass is 316 g/mol. The lowest BCUT2D eigenvalue weighted by Gasteiger charge is -2.21. The van der Waals surface area contributed by atoms with E-state index in [0.717, 1.165) is 23.1 Å². The van der Waals surface area contributed by atoms with Gasteiger partial charge in [0.25, 0.3) is 0 Å². The van der Waals surface area contributed by atoms with Crippen molar-refractivity contribution >= 4 is 27.5 Å². The molecule has 0 radical (unpaired) electrons. The van der Waals surface area contributed by atoms with E-state index in [1.54, 1.807) is 12.1 Å². The lowest BCUT2D eigenvalue weighted by molar-refractivity contribution is 0.131. The first-order valence-electron chi connectivity index (χ1n) is 5.34. The molecule has 4 nitrogen and oxygen atoms in total. The van der Waals surface area contributed by atoms with Crippen LogP contribution in [-0.4, -0.2) is 20.8 Å². The summed E-state index contributed by atoms with van der Waals surface area (Å²) in [4.78, 5) is 4.43. The van der Waals surface area contributed by atoms with Gasteiger partial charge in [-0.3, -0.25) is 0 Å². The molecule has 1 N–H and O–H groups in total. The highest BCUT2D eigenvalue weighted by Crippen LogP contribution is 2.31. The third-order valence-electron chi connectivity index (χ3n) is 2.92. The van der Waals surface area contributed by atoms with Gasteiger partial charge >= 0.3 is 0 Å². The zero-order valence-electron chi connectivity index (χ0n) is 8.86. The van der Waals surface area contributed by atoms with Crippen molar-refractivity contribution in [1.82, 2.24) is 9.55 Å². The van der Waals surface area contributed by atoms with Crippen LogP contribution in [0.15, 0.2) is 21.2 Å². The van der Waals surface area contributed by atoms with Crippen LogP contribution in [0.2, 0.25) is 5.22 Å². The molecule has 0 amide bonds. The summed E-state index contributed by atoms with van der Waals surface area (Å²) in [6, 6.07) is 3.47. The molecular formula is C11H10BrClN2O2. The highest BCUT2D eigenvalue weighted by atomic mass is 79.9. The van der Waals surface area contributed by atoms with Crippen molar-refractivity contribution in [3.05, 3.63) is 27.6 Å². The molecule has 0 saturated heterocycles. The smallest absolute Gasteiger partial charge is 0.194 e. The number of furan rings is 1. The minimum Gasteiger partial charge on any atom is -0.441 e. The second kappa shape index (κ2) is 4.15. The first-order valence-corrected chi connectivity index (χ1v) is 6.51. The lowest BCUT2D eigenvalue weighted by atomic mass is 10.1. The Bertz CT molecular complexity index is 564. The van der Waals surface area contributed by atoms with Crippen molar-refractivity contribution in [3.8, 4) is 11.6 Å². The average Bonchev–Trinajstić information content (AvgIpc) is 2.83. The van der Waals surface area contributed by atoms with Gasteiger partial charge in [0.05, 0.1) is 18.3 Å². The fourth-order valence-electron chi connectivity index (χ4n) is 2.12. The van der Waals surface area contributed by atoms with Gasteiger partial charge in [-0.05, 0) is 52.5 Å². The van der Waals surface area contributed by atoms with E-state index in [9.17, 15) is 5.11 Å². The fraction of sp³-hybridized carbons (Fsp3) is 0.364. The third-order valence-corrected chi connectivity index (χ3v) is 3.76. The molecule has 2 aromatic rings. The van der Waals surface area contributed by atoms with Gasteiger partial charge in [0.2, 0.25) is 0 Å². The number of imidazole rings is 1. The summed E-state index contributed by atoms with van der Waals surface area (Å²) in [5, 5.41) is 10.1. The van der Waals surface area contributed by atoms with Crippen LogP contribution in [0.1, 0.15) is 12.1 Å². The summed E-state index contributed by atoms with van der Waals surface area (Å²) in [5.74, 6) is 1.33. The fourth-order valence-corrected chi connectivity index (χ4v) is 2.85. The normalized spacial score (nSPS) is 19.4. The predicted octanol–water partition coefficient (Wildman–Crippen LogP) is 2.87. The molecule has 1 atom stereocenters. The van der Waals surface area contributed by atoms with Crippen LogP contribution in [0, 0.1) is 0 Å². The van der Waals surface area contributed by atoms with Crippen molar-refractivity contribution in [3.63, 3.8) is 0 Å². The molecule has 0 bridgehead atoms. The standard InChI is InChI=1S/C11H10BrClN2O2/c12-10-7-2-1-6(16)5-15(7)11(14-10)8-3-4-9(13)17-8/h3-4,6,16H,1-2,5H2. The summed E-state index contributed by atoms with van der Waals surface area (Å²) in [6.07, 6.45) is 1.25. The van der Waals surface area contributed by atoms with Crippen molar-refractivity contribution in [1.29, 1.82) is 0 Å². The van der Waals surface area contributed by atoms with Crippen LogP contribution in [-0.2, 0) is 13.0 Å². The molecule has 0 saturated carbocycles. The minimum atomic E-state index is -0.326. The molecule has 2 aromatic heterocycles. The first kappa shape index (κ1) is 11.3. The highest BCUT2D eigenvalue weighted by Gasteiger charge is 2.25. The number of fused-ring (bicyclic) bond motifs is 1. The molecular weight excluding hydrogens is 307 g/mol. The van der Waals surface area contributed by atoms with Gasteiger partial charge in [0, 0.05) is 0 Å².